The highest BCUT2D eigenvalue weighted by atomic mass is 35.5. The lowest BCUT2D eigenvalue weighted by Gasteiger charge is -2.29. The van der Waals surface area contributed by atoms with Gasteiger partial charge in [-0.2, -0.15) is 0 Å². The van der Waals surface area contributed by atoms with Crippen molar-refractivity contribution in [1.82, 2.24) is 4.98 Å². The third-order valence-electron chi connectivity index (χ3n) is 3.22. The molecule has 0 saturated heterocycles. The minimum Gasteiger partial charge on any atom is -0.388 e. The number of likely N-dealkylation sites (N-methyl/N-ethyl adjacent to an activating group) is 1. The number of aromatic nitrogens is 1. The fourth-order valence-electron chi connectivity index (χ4n) is 2.40. The predicted molar refractivity (Wildman–Crippen MR) is 65.9 cm³/mol. The molecule has 94 valence electrons. The first kappa shape index (κ1) is 12.6. The highest BCUT2D eigenvalue weighted by molar-refractivity contribution is 6.30. The molecule has 0 aromatic carbocycles. The number of rotatable bonds is 3. The monoisotopic (exact) mass is 258 g/mol. The zero-order chi connectivity index (χ0) is 12.5. The van der Waals surface area contributed by atoms with Gasteiger partial charge in [0.1, 0.15) is 0 Å². The molecule has 17 heavy (non-hydrogen) atoms. The van der Waals surface area contributed by atoms with Crippen LogP contribution in [0.5, 0.6) is 0 Å². The molecule has 1 N–H and O–H groups in total. The van der Waals surface area contributed by atoms with Gasteiger partial charge in [0, 0.05) is 19.8 Å². The minimum atomic E-state index is -0.706. The Labute approximate surface area is 105 Å². The van der Waals surface area contributed by atoms with Crippen LogP contribution in [0.2, 0.25) is 5.02 Å². The topological polar surface area (TPSA) is 36.4 Å². The van der Waals surface area contributed by atoms with Crippen LogP contribution in [0.15, 0.2) is 12.3 Å². The van der Waals surface area contributed by atoms with Gasteiger partial charge in [-0.05, 0) is 18.9 Å². The average molecular weight is 259 g/mol. The van der Waals surface area contributed by atoms with Gasteiger partial charge in [0.2, 0.25) is 0 Å². The number of pyridine rings is 1. The summed E-state index contributed by atoms with van der Waals surface area (Å²) in [6.45, 7) is 0.401. The van der Waals surface area contributed by atoms with E-state index in [1.54, 1.807) is 11.9 Å². The molecule has 0 aliphatic heterocycles. The van der Waals surface area contributed by atoms with E-state index in [9.17, 15) is 9.50 Å². The lowest BCUT2D eigenvalue weighted by Crippen LogP contribution is -2.39. The predicted octanol–water partition coefficient (Wildman–Crippen LogP) is 2.62. The first-order valence-electron chi connectivity index (χ1n) is 5.75. The van der Waals surface area contributed by atoms with E-state index in [0.717, 1.165) is 25.7 Å². The van der Waals surface area contributed by atoms with E-state index in [1.807, 2.05) is 0 Å². The second kappa shape index (κ2) is 4.78. The van der Waals surface area contributed by atoms with Crippen molar-refractivity contribution in [2.75, 3.05) is 18.5 Å². The molecule has 3 nitrogen and oxygen atoms in total. The smallest absolute Gasteiger partial charge is 0.167 e. The second-order valence-corrected chi connectivity index (χ2v) is 5.18. The van der Waals surface area contributed by atoms with E-state index in [4.69, 9.17) is 11.6 Å². The average Bonchev–Trinajstić information content (AvgIpc) is 2.64. The molecular weight excluding hydrogens is 243 g/mol. The molecule has 1 aromatic heterocycles. The van der Waals surface area contributed by atoms with Crippen LogP contribution < -0.4 is 4.90 Å². The first-order valence-corrected chi connectivity index (χ1v) is 6.13. The van der Waals surface area contributed by atoms with Crippen LogP contribution in [-0.4, -0.2) is 29.3 Å². The summed E-state index contributed by atoms with van der Waals surface area (Å²) in [5, 5.41) is 10.5. The zero-order valence-corrected chi connectivity index (χ0v) is 10.5. The van der Waals surface area contributed by atoms with Gasteiger partial charge in [0.15, 0.2) is 11.6 Å². The lowest BCUT2D eigenvalue weighted by atomic mass is 10.0. The number of nitrogens with zero attached hydrogens (tertiary/aromatic N) is 2. The molecule has 0 atom stereocenters. The minimum absolute atomic E-state index is 0.231. The maximum Gasteiger partial charge on any atom is 0.167 e. The summed E-state index contributed by atoms with van der Waals surface area (Å²) in [5.74, 6) is -0.226. The van der Waals surface area contributed by atoms with Gasteiger partial charge in [0.25, 0.3) is 0 Å². The molecule has 1 heterocycles. The van der Waals surface area contributed by atoms with Gasteiger partial charge in [-0.1, -0.05) is 24.4 Å². The van der Waals surface area contributed by atoms with Crippen LogP contribution in [0.1, 0.15) is 25.7 Å². The second-order valence-electron chi connectivity index (χ2n) is 4.75. The van der Waals surface area contributed by atoms with Crippen molar-refractivity contribution in [2.24, 2.45) is 0 Å². The van der Waals surface area contributed by atoms with Crippen LogP contribution in [0.25, 0.3) is 0 Å². The normalized spacial score (nSPS) is 18.4. The van der Waals surface area contributed by atoms with Gasteiger partial charge >= 0.3 is 0 Å². The van der Waals surface area contributed by atoms with Gasteiger partial charge in [-0.25, -0.2) is 9.37 Å². The Balaban J connectivity index is 2.11. The van der Waals surface area contributed by atoms with E-state index in [-0.39, 0.29) is 10.8 Å². The summed E-state index contributed by atoms with van der Waals surface area (Å²) >= 11 is 5.65. The Morgan fingerprint density at radius 1 is 1.53 bits per heavy atom. The molecule has 1 aliphatic carbocycles. The maximum atomic E-state index is 13.6. The highest BCUT2D eigenvalue weighted by Gasteiger charge is 2.33. The van der Waals surface area contributed by atoms with Crippen molar-refractivity contribution in [3.63, 3.8) is 0 Å². The first-order chi connectivity index (χ1) is 8.00. The standard InChI is InChI=1S/C12H16ClFN2O/c1-16(8-12(17)4-2-3-5-12)11-10(14)6-9(13)7-15-11/h6-7,17H,2-5,8H2,1H3. The molecule has 1 fully saturated rings. The van der Waals surface area contributed by atoms with Crippen molar-refractivity contribution in [3.8, 4) is 0 Å². The number of anilines is 1. The van der Waals surface area contributed by atoms with Crippen LogP contribution in [0.4, 0.5) is 10.2 Å². The number of halogens is 2. The van der Waals surface area contributed by atoms with Crippen LogP contribution in [0.3, 0.4) is 0 Å². The fourth-order valence-corrected chi connectivity index (χ4v) is 2.54. The van der Waals surface area contributed by atoms with Crippen LogP contribution in [-0.2, 0) is 0 Å². The van der Waals surface area contributed by atoms with Crippen molar-refractivity contribution in [2.45, 2.75) is 31.3 Å². The summed E-state index contributed by atoms with van der Waals surface area (Å²) in [5.41, 5.74) is -0.706. The quantitative estimate of drug-likeness (QED) is 0.905. The maximum absolute atomic E-state index is 13.6. The van der Waals surface area contributed by atoms with Gasteiger partial charge in [-0.3, -0.25) is 0 Å². The molecule has 0 bridgehead atoms. The van der Waals surface area contributed by atoms with E-state index < -0.39 is 11.4 Å². The Hall–Kier alpha value is -0.870. The Kier molecular flexibility index (Phi) is 3.54. The van der Waals surface area contributed by atoms with Crippen molar-refractivity contribution in [3.05, 3.63) is 23.1 Å². The summed E-state index contributed by atoms with van der Waals surface area (Å²) < 4.78 is 13.6. The molecule has 0 spiro atoms. The van der Waals surface area contributed by atoms with E-state index >= 15 is 0 Å². The molecule has 2 rings (SSSR count). The number of aliphatic hydroxyl groups is 1. The van der Waals surface area contributed by atoms with Gasteiger partial charge in [-0.15, -0.1) is 0 Å². The molecule has 0 radical (unpaired) electrons. The van der Waals surface area contributed by atoms with Crippen molar-refractivity contribution in [1.29, 1.82) is 0 Å². The summed E-state index contributed by atoms with van der Waals surface area (Å²) in [6, 6.07) is 1.24. The van der Waals surface area contributed by atoms with Gasteiger partial charge < -0.3 is 10.0 Å². The van der Waals surface area contributed by atoms with Crippen molar-refractivity contribution < 1.29 is 9.50 Å². The third-order valence-corrected chi connectivity index (χ3v) is 3.42. The van der Waals surface area contributed by atoms with Gasteiger partial charge in [0.05, 0.1) is 10.6 Å². The Morgan fingerprint density at radius 2 is 2.18 bits per heavy atom. The number of hydrogen-bond donors (Lipinski definition) is 1. The van der Waals surface area contributed by atoms with Crippen LogP contribution >= 0.6 is 11.6 Å². The van der Waals surface area contributed by atoms with E-state index in [0.29, 0.717) is 6.54 Å². The SMILES string of the molecule is CN(CC1(O)CCCC1)c1ncc(Cl)cc1F. The van der Waals surface area contributed by atoms with Crippen LogP contribution in [0, 0.1) is 5.82 Å². The molecule has 1 aliphatic rings. The van der Waals surface area contributed by atoms with Crippen molar-refractivity contribution >= 4 is 17.4 Å². The molecule has 0 unspecified atom stereocenters. The highest BCUT2D eigenvalue weighted by Crippen LogP contribution is 2.31. The molecule has 5 heteroatoms. The fraction of sp³-hybridized carbons (Fsp3) is 0.583. The van der Waals surface area contributed by atoms with E-state index in [1.165, 1.54) is 12.3 Å². The molecule has 1 aromatic rings. The molecule has 1 saturated carbocycles. The third kappa shape index (κ3) is 2.87. The molecular formula is C12H16ClFN2O. The lowest BCUT2D eigenvalue weighted by molar-refractivity contribution is 0.0557. The Morgan fingerprint density at radius 3 is 2.76 bits per heavy atom. The summed E-state index contributed by atoms with van der Waals surface area (Å²) in [7, 11) is 1.73. The zero-order valence-electron chi connectivity index (χ0n) is 9.79. The Bertz CT molecular complexity index is 407. The summed E-state index contributed by atoms with van der Waals surface area (Å²) in [6.07, 6.45) is 5.01. The number of hydrogen-bond acceptors (Lipinski definition) is 3. The molecule has 0 amide bonds. The van der Waals surface area contributed by atoms with E-state index in [2.05, 4.69) is 4.98 Å². The summed E-state index contributed by atoms with van der Waals surface area (Å²) in [4.78, 5) is 5.61. The largest absolute Gasteiger partial charge is 0.388 e.